The van der Waals surface area contributed by atoms with Gasteiger partial charge in [-0.15, -0.1) is 0 Å². The number of rotatable bonds is 1. The Morgan fingerprint density at radius 2 is 2.33 bits per heavy atom. The Morgan fingerprint density at radius 1 is 1.44 bits per heavy atom. The molecule has 96 valence electrons. The third kappa shape index (κ3) is 1.97. The molecule has 0 spiro atoms. The molecule has 0 bridgehead atoms. The van der Waals surface area contributed by atoms with Crippen molar-refractivity contribution in [3.8, 4) is 5.75 Å². The molecule has 2 aliphatic heterocycles. The molecule has 0 radical (unpaired) electrons. The monoisotopic (exact) mass is 246 g/mol. The van der Waals surface area contributed by atoms with Gasteiger partial charge in [0.15, 0.2) is 0 Å². The van der Waals surface area contributed by atoms with Crippen LogP contribution in [0.15, 0.2) is 18.2 Å². The van der Waals surface area contributed by atoms with Gasteiger partial charge in [0.05, 0.1) is 18.7 Å². The number of ether oxygens (including phenoxy) is 1. The summed E-state index contributed by atoms with van der Waals surface area (Å²) in [4.78, 5) is 13.6. The second kappa shape index (κ2) is 4.61. The average Bonchev–Trinajstić information content (AvgIpc) is 2.87. The lowest BCUT2D eigenvalue weighted by Crippen LogP contribution is -2.25. The standard InChI is InChI=1S/C14H18N2O2/c1-16-12-8-10(11-4-6-15-9-11)2-3-13(12)18-7-5-14(16)17/h2-3,8,11,15H,4-7,9H2,1H3. The van der Waals surface area contributed by atoms with Gasteiger partial charge in [0.25, 0.3) is 0 Å². The first-order chi connectivity index (χ1) is 8.75. The lowest BCUT2D eigenvalue weighted by molar-refractivity contribution is -0.118. The maximum absolute atomic E-state index is 11.8. The number of nitrogens with zero attached hydrogens (tertiary/aromatic N) is 1. The van der Waals surface area contributed by atoms with E-state index in [-0.39, 0.29) is 5.91 Å². The molecule has 0 saturated carbocycles. The Balaban J connectivity index is 1.97. The summed E-state index contributed by atoms with van der Waals surface area (Å²) in [6.07, 6.45) is 1.61. The highest BCUT2D eigenvalue weighted by Gasteiger charge is 2.23. The number of hydrogen-bond donors (Lipinski definition) is 1. The predicted octanol–water partition coefficient (Wildman–Crippen LogP) is 1.51. The summed E-state index contributed by atoms with van der Waals surface area (Å²) in [6.45, 7) is 2.57. The Labute approximate surface area is 107 Å². The van der Waals surface area contributed by atoms with Gasteiger partial charge in [0, 0.05) is 13.6 Å². The van der Waals surface area contributed by atoms with E-state index in [1.807, 2.05) is 13.1 Å². The largest absolute Gasteiger partial charge is 0.491 e. The van der Waals surface area contributed by atoms with Gasteiger partial charge in [-0.05, 0) is 36.6 Å². The summed E-state index contributed by atoms with van der Waals surface area (Å²) < 4.78 is 5.63. The number of amides is 1. The van der Waals surface area contributed by atoms with E-state index in [1.165, 1.54) is 5.56 Å². The van der Waals surface area contributed by atoms with Crippen LogP contribution >= 0.6 is 0 Å². The smallest absolute Gasteiger partial charge is 0.230 e. The fourth-order valence-corrected chi connectivity index (χ4v) is 2.66. The van der Waals surface area contributed by atoms with Gasteiger partial charge in [-0.1, -0.05) is 6.07 Å². The van der Waals surface area contributed by atoms with Crippen LogP contribution in [0.3, 0.4) is 0 Å². The van der Waals surface area contributed by atoms with Crippen molar-refractivity contribution in [1.29, 1.82) is 0 Å². The van der Waals surface area contributed by atoms with Crippen molar-refractivity contribution in [2.75, 3.05) is 31.6 Å². The minimum absolute atomic E-state index is 0.121. The summed E-state index contributed by atoms with van der Waals surface area (Å²) in [5.74, 6) is 1.50. The van der Waals surface area contributed by atoms with E-state index in [2.05, 4.69) is 17.4 Å². The van der Waals surface area contributed by atoms with Gasteiger partial charge in [0.2, 0.25) is 5.91 Å². The quantitative estimate of drug-likeness (QED) is 0.816. The summed E-state index contributed by atoms with van der Waals surface area (Å²) >= 11 is 0. The Bertz CT molecular complexity index is 467. The number of nitrogens with one attached hydrogen (secondary N) is 1. The summed E-state index contributed by atoms with van der Waals surface area (Å²) in [5.41, 5.74) is 2.20. The minimum atomic E-state index is 0.121. The number of carbonyl (C=O) groups excluding carboxylic acids is 1. The first kappa shape index (κ1) is 11.5. The second-order valence-corrected chi connectivity index (χ2v) is 4.97. The van der Waals surface area contributed by atoms with E-state index < -0.39 is 0 Å². The normalized spacial score (nSPS) is 23.5. The Kier molecular flexibility index (Phi) is 2.96. The van der Waals surface area contributed by atoms with Crippen LogP contribution in [0, 0.1) is 0 Å². The van der Waals surface area contributed by atoms with Gasteiger partial charge in [-0.3, -0.25) is 4.79 Å². The molecule has 1 aromatic carbocycles. The second-order valence-electron chi connectivity index (χ2n) is 4.97. The van der Waals surface area contributed by atoms with Gasteiger partial charge in [-0.25, -0.2) is 0 Å². The number of anilines is 1. The van der Waals surface area contributed by atoms with Crippen LogP contribution in [-0.2, 0) is 4.79 Å². The molecule has 2 heterocycles. The van der Waals surface area contributed by atoms with Crippen molar-refractivity contribution in [3.05, 3.63) is 23.8 Å². The maximum atomic E-state index is 11.8. The fraction of sp³-hybridized carbons (Fsp3) is 0.500. The van der Waals surface area contributed by atoms with E-state index in [4.69, 9.17) is 4.74 Å². The van der Waals surface area contributed by atoms with E-state index in [0.29, 0.717) is 18.9 Å². The number of fused-ring (bicyclic) bond motifs is 1. The molecule has 1 aromatic rings. The van der Waals surface area contributed by atoms with Gasteiger partial charge in [-0.2, -0.15) is 0 Å². The van der Waals surface area contributed by atoms with Crippen molar-refractivity contribution >= 4 is 11.6 Å². The highest BCUT2D eigenvalue weighted by molar-refractivity contribution is 5.95. The van der Waals surface area contributed by atoms with E-state index in [9.17, 15) is 4.79 Å². The van der Waals surface area contributed by atoms with Crippen LogP contribution < -0.4 is 15.0 Å². The van der Waals surface area contributed by atoms with Crippen molar-refractivity contribution in [2.45, 2.75) is 18.8 Å². The molecule has 1 amide bonds. The van der Waals surface area contributed by atoms with Crippen molar-refractivity contribution in [1.82, 2.24) is 5.32 Å². The summed E-state index contributed by atoms with van der Waals surface area (Å²) in [6, 6.07) is 6.23. The molecule has 2 aliphatic rings. The molecule has 1 saturated heterocycles. The zero-order valence-corrected chi connectivity index (χ0v) is 10.6. The third-order valence-electron chi connectivity index (χ3n) is 3.82. The highest BCUT2D eigenvalue weighted by atomic mass is 16.5. The van der Waals surface area contributed by atoms with Gasteiger partial charge >= 0.3 is 0 Å². The van der Waals surface area contributed by atoms with E-state index in [1.54, 1.807) is 4.90 Å². The SMILES string of the molecule is CN1C(=O)CCOc2ccc(C3CCNC3)cc21. The number of carbonyl (C=O) groups is 1. The minimum Gasteiger partial charge on any atom is -0.491 e. The van der Waals surface area contributed by atoms with Crippen molar-refractivity contribution in [2.24, 2.45) is 0 Å². The van der Waals surface area contributed by atoms with Crippen LogP contribution in [0.5, 0.6) is 5.75 Å². The molecule has 1 atom stereocenters. The molecule has 18 heavy (non-hydrogen) atoms. The molecule has 4 nitrogen and oxygen atoms in total. The molecule has 0 aliphatic carbocycles. The molecule has 1 unspecified atom stereocenters. The Hall–Kier alpha value is -1.55. The lowest BCUT2D eigenvalue weighted by atomic mass is 9.97. The van der Waals surface area contributed by atoms with Crippen molar-refractivity contribution < 1.29 is 9.53 Å². The van der Waals surface area contributed by atoms with Crippen LogP contribution in [0.2, 0.25) is 0 Å². The first-order valence-corrected chi connectivity index (χ1v) is 6.50. The highest BCUT2D eigenvalue weighted by Crippen LogP contribution is 2.34. The fourth-order valence-electron chi connectivity index (χ4n) is 2.66. The zero-order chi connectivity index (χ0) is 12.5. The van der Waals surface area contributed by atoms with Gasteiger partial charge < -0.3 is 15.0 Å². The average molecular weight is 246 g/mol. The lowest BCUT2D eigenvalue weighted by Gasteiger charge is -2.19. The van der Waals surface area contributed by atoms with Crippen LogP contribution in [0.4, 0.5) is 5.69 Å². The molecular formula is C14H18N2O2. The summed E-state index contributed by atoms with van der Waals surface area (Å²) in [5, 5.41) is 3.37. The van der Waals surface area contributed by atoms with Crippen LogP contribution in [0.1, 0.15) is 24.3 Å². The Morgan fingerprint density at radius 3 is 3.11 bits per heavy atom. The molecule has 4 heteroatoms. The molecule has 1 N–H and O–H groups in total. The first-order valence-electron chi connectivity index (χ1n) is 6.50. The summed E-state index contributed by atoms with van der Waals surface area (Å²) in [7, 11) is 1.83. The maximum Gasteiger partial charge on any atom is 0.230 e. The van der Waals surface area contributed by atoms with Crippen LogP contribution in [-0.4, -0.2) is 32.7 Å². The van der Waals surface area contributed by atoms with Crippen molar-refractivity contribution in [3.63, 3.8) is 0 Å². The topological polar surface area (TPSA) is 41.6 Å². The third-order valence-corrected chi connectivity index (χ3v) is 3.82. The molecule has 1 fully saturated rings. The van der Waals surface area contributed by atoms with Crippen LogP contribution in [0.25, 0.3) is 0 Å². The van der Waals surface area contributed by atoms with E-state index >= 15 is 0 Å². The predicted molar refractivity (Wildman–Crippen MR) is 70.2 cm³/mol. The van der Waals surface area contributed by atoms with E-state index in [0.717, 1.165) is 30.9 Å². The zero-order valence-electron chi connectivity index (χ0n) is 10.6. The molecular weight excluding hydrogens is 228 g/mol. The number of benzene rings is 1. The molecule has 0 aromatic heterocycles. The number of hydrogen-bond acceptors (Lipinski definition) is 3. The van der Waals surface area contributed by atoms with Gasteiger partial charge in [0.1, 0.15) is 5.75 Å². The molecule has 3 rings (SSSR count).